The van der Waals surface area contributed by atoms with E-state index in [2.05, 4.69) is 10.1 Å². The molecular formula is C22H25N3O5. The summed E-state index contributed by atoms with van der Waals surface area (Å²) < 4.78 is 21.2. The van der Waals surface area contributed by atoms with E-state index in [-0.39, 0.29) is 18.5 Å². The Hall–Kier alpha value is -3.55. The number of amides is 1. The summed E-state index contributed by atoms with van der Waals surface area (Å²) in [7, 11) is 4.70. The van der Waals surface area contributed by atoms with Crippen molar-refractivity contribution in [2.24, 2.45) is 0 Å². The zero-order chi connectivity index (χ0) is 21.7. The van der Waals surface area contributed by atoms with Crippen molar-refractivity contribution in [3.63, 3.8) is 0 Å². The van der Waals surface area contributed by atoms with Gasteiger partial charge < -0.3 is 23.6 Å². The molecule has 30 heavy (non-hydrogen) atoms. The zero-order valence-corrected chi connectivity index (χ0v) is 17.7. The minimum Gasteiger partial charge on any atom is -0.497 e. The molecule has 0 aliphatic heterocycles. The zero-order valence-electron chi connectivity index (χ0n) is 17.7. The quantitative estimate of drug-likeness (QED) is 0.557. The summed E-state index contributed by atoms with van der Waals surface area (Å²) in [5, 5.41) is 4.05. The Kier molecular flexibility index (Phi) is 6.56. The molecule has 1 aromatic heterocycles. The van der Waals surface area contributed by atoms with Crippen LogP contribution in [0.3, 0.4) is 0 Å². The summed E-state index contributed by atoms with van der Waals surface area (Å²) in [6, 6.07) is 12.3. The number of nitrogens with zero attached hydrogens (tertiary/aromatic N) is 3. The van der Waals surface area contributed by atoms with Gasteiger partial charge >= 0.3 is 0 Å². The average Bonchev–Trinajstić information content (AvgIpc) is 3.25. The van der Waals surface area contributed by atoms with Crippen molar-refractivity contribution in [3.8, 4) is 28.6 Å². The van der Waals surface area contributed by atoms with E-state index >= 15 is 0 Å². The molecule has 0 saturated carbocycles. The van der Waals surface area contributed by atoms with Crippen molar-refractivity contribution >= 4 is 5.91 Å². The molecule has 0 bridgehead atoms. The van der Waals surface area contributed by atoms with Crippen LogP contribution in [0, 0.1) is 0 Å². The van der Waals surface area contributed by atoms with Crippen molar-refractivity contribution in [2.75, 3.05) is 21.3 Å². The fraction of sp³-hybridized carbons (Fsp3) is 0.318. The highest BCUT2D eigenvalue weighted by Gasteiger charge is 2.22. The summed E-state index contributed by atoms with van der Waals surface area (Å²) in [5.74, 6) is 2.40. The van der Waals surface area contributed by atoms with Gasteiger partial charge in [0, 0.05) is 17.2 Å². The highest BCUT2D eigenvalue weighted by Crippen LogP contribution is 2.31. The van der Waals surface area contributed by atoms with Gasteiger partial charge in [-0.3, -0.25) is 4.79 Å². The molecule has 0 unspecified atom stereocenters. The number of ether oxygens (including phenoxy) is 3. The van der Waals surface area contributed by atoms with Crippen molar-refractivity contribution in [1.29, 1.82) is 0 Å². The van der Waals surface area contributed by atoms with Crippen LogP contribution in [0.2, 0.25) is 0 Å². The first-order valence-electron chi connectivity index (χ1n) is 9.46. The maximum Gasteiger partial charge on any atom is 0.254 e. The maximum absolute atomic E-state index is 13.0. The number of carbonyl (C=O) groups excluding carboxylic acids is 1. The van der Waals surface area contributed by atoms with Gasteiger partial charge in [-0.15, -0.1) is 0 Å². The van der Waals surface area contributed by atoms with Gasteiger partial charge in [0.2, 0.25) is 11.7 Å². The van der Waals surface area contributed by atoms with E-state index in [0.29, 0.717) is 34.5 Å². The highest BCUT2D eigenvalue weighted by molar-refractivity contribution is 5.94. The van der Waals surface area contributed by atoms with Gasteiger partial charge in [0.05, 0.1) is 21.3 Å². The molecule has 2 aromatic carbocycles. The van der Waals surface area contributed by atoms with Gasteiger partial charge in [-0.05, 0) is 50.2 Å². The lowest BCUT2D eigenvalue weighted by atomic mass is 10.1. The summed E-state index contributed by atoms with van der Waals surface area (Å²) in [6.45, 7) is 4.06. The second kappa shape index (κ2) is 9.30. The molecule has 0 aliphatic carbocycles. The Bertz CT molecular complexity index is 1020. The Morgan fingerprint density at radius 2 is 1.80 bits per heavy atom. The van der Waals surface area contributed by atoms with E-state index in [1.807, 2.05) is 19.9 Å². The topological polar surface area (TPSA) is 86.9 Å². The normalized spacial score (nSPS) is 10.7. The van der Waals surface area contributed by atoms with Crippen LogP contribution in [0.25, 0.3) is 11.4 Å². The molecule has 3 aromatic rings. The number of rotatable bonds is 8. The Labute approximate surface area is 175 Å². The number of hydrogen-bond donors (Lipinski definition) is 0. The first-order valence-corrected chi connectivity index (χ1v) is 9.46. The highest BCUT2D eigenvalue weighted by atomic mass is 16.5. The molecule has 3 rings (SSSR count). The molecule has 0 spiro atoms. The first-order chi connectivity index (χ1) is 14.5. The fourth-order valence-corrected chi connectivity index (χ4v) is 2.97. The molecule has 0 radical (unpaired) electrons. The van der Waals surface area contributed by atoms with Gasteiger partial charge in [-0.2, -0.15) is 4.98 Å². The van der Waals surface area contributed by atoms with Gasteiger partial charge in [0.25, 0.3) is 5.91 Å². The van der Waals surface area contributed by atoms with Crippen LogP contribution in [0.1, 0.15) is 30.1 Å². The maximum atomic E-state index is 13.0. The Morgan fingerprint density at radius 3 is 2.47 bits per heavy atom. The second-order valence-electron chi connectivity index (χ2n) is 6.84. The Balaban J connectivity index is 1.82. The third-order valence-corrected chi connectivity index (χ3v) is 4.62. The van der Waals surface area contributed by atoms with E-state index in [9.17, 15) is 4.79 Å². The van der Waals surface area contributed by atoms with Crippen molar-refractivity contribution < 1.29 is 23.5 Å². The number of carbonyl (C=O) groups is 1. The summed E-state index contributed by atoms with van der Waals surface area (Å²) in [4.78, 5) is 19.2. The molecule has 1 heterocycles. The largest absolute Gasteiger partial charge is 0.497 e. The number of methoxy groups -OCH3 is 3. The molecule has 0 N–H and O–H groups in total. The minimum atomic E-state index is -0.144. The molecule has 8 heteroatoms. The molecule has 0 fully saturated rings. The second-order valence-corrected chi connectivity index (χ2v) is 6.84. The number of benzene rings is 2. The van der Waals surface area contributed by atoms with Crippen LogP contribution in [0.15, 0.2) is 47.0 Å². The van der Waals surface area contributed by atoms with Gasteiger partial charge in [0.1, 0.15) is 12.3 Å². The van der Waals surface area contributed by atoms with Gasteiger partial charge in [0.15, 0.2) is 11.5 Å². The van der Waals surface area contributed by atoms with Crippen molar-refractivity contribution in [2.45, 2.75) is 26.4 Å². The molecule has 0 atom stereocenters. The lowest BCUT2D eigenvalue weighted by molar-refractivity contribution is 0.0667. The predicted octanol–water partition coefficient (Wildman–Crippen LogP) is 3.81. The van der Waals surface area contributed by atoms with E-state index < -0.39 is 0 Å². The van der Waals surface area contributed by atoms with Crippen LogP contribution in [0.5, 0.6) is 17.2 Å². The van der Waals surface area contributed by atoms with Crippen molar-refractivity contribution in [1.82, 2.24) is 15.0 Å². The monoisotopic (exact) mass is 411 g/mol. The lowest BCUT2D eigenvalue weighted by Crippen LogP contribution is -2.36. The summed E-state index contributed by atoms with van der Waals surface area (Å²) in [6.07, 6.45) is 0. The standard InChI is InChI=1S/C22H25N3O5/c1-14(2)25(22(26)16-7-6-8-17(11-16)27-3)13-20-23-21(24-30-20)15-9-10-18(28-4)19(12-15)29-5/h6-12,14H,13H2,1-5H3. The third kappa shape index (κ3) is 4.53. The molecule has 0 aliphatic rings. The predicted molar refractivity (Wildman–Crippen MR) is 111 cm³/mol. The fourth-order valence-electron chi connectivity index (χ4n) is 2.97. The molecular weight excluding hydrogens is 386 g/mol. The summed E-state index contributed by atoms with van der Waals surface area (Å²) >= 11 is 0. The smallest absolute Gasteiger partial charge is 0.254 e. The molecule has 158 valence electrons. The van der Waals surface area contributed by atoms with Crippen molar-refractivity contribution in [3.05, 3.63) is 53.9 Å². The average molecular weight is 411 g/mol. The van der Waals surface area contributed by atoms with Crippen LogP contribution >= 0.6 is 0 Å². The number of aromatic nitrogens is 2. The van der Waals surface area contributed by atoms with Gasteiger partial charge in [-0.1, -0.05) is 11.2 Å². The molecule has 0 saturated heterocycles. The van der Waals surface area contributed by atoms with Crippen LogP contribution in [0.4, 0.5) is 0 Å². The van der Waals surface area contributed by atoms with E-state index in [4.69, 9.17) is 18.7 Å². The SMILES string of the molecule is COc1cccc(C(=O)N(Cc2nc(-c3ccc(OC)c(OC)c3)no2)C(C)C)c1. The van der Waals surface area contributed by atoms with E-state index in [1.54, 1.807) is 62.6 Å². The van der Waals surface area contributed by atoms with E-state index in [1.165, 1.54) is 0 Å². The summed E-state index contributed by atoms with van der Waals surface area (Å²) in [5.41, 5.74) is 1.25. The molecule has 1 amide bonds. The number of hydrogen-bond acceptors (Lipinski definition) is 7. The van der Waals surface area contributed by atoms with Crippen LogP contribution in [-0.2, 0) is 6.54 Å². The Morgan fingerprint density at radius 1 is 1.03 bits per heavy atom. The minimum absolute atomic E-state index is 0.0693. The molecule has 8 nitrogen and oxygen atoms in total. The van der Waals surface area contributed by atoms with Crippen LogP contribution < -0.4 is 14.2 Å². The van der Waals surface area contributed by atoms with Crippen LogP contribution in [-0.4, -0.2) is 48.3 Å². The van der Waals surface area contributed by atoms with Gasteiger partial charge in [-0.25, -0.2) is 0 Å². The van der Waals surface area contributed by atoms with E-state index in [0.717, 1.165) is 5.56 Å². The third-order valence-electron chi connectivity index (χ3n) is 4.62. The first kappa shape index (κ1) is 21.2. The lowest BCUT2D eigenvalue weighted by Gasteiger charge is -2.25.